The number of halogens is 2. The van der Waals surface area contributed by atoms with Crippen LogP contribution in [0.5, 0.6) is 5.75 Å². The van der Waals surface area contributed by atoms with E-state index in [2.05, 4.69) is 5.32 Å². The molecule has 0 fully saturated rings. The lowest BCUT2D eigenvalue weighted by Crippen LogP contribution is -2.16. The first kappa shape index (κ1) is 20.4. The Morgan fingerprint density at radius 2 is 1.72 bits per heavy atom. The summed E-state index contributed by atoms with van der Waals surface area (Å²) in [5, 5.41) is 2.85. The van der Waals surface area contributed by atoms with Gasteiger partial charge in [-0.15, -0.1) is 0 Å². The molecule has 0 aliphatic rings. The predicted octanol–water partition coefficient (Wildman–Crippen LogP) is 5.10. The molecule has 0 atom stereocenters. The second kappa shape index (κ2) is 9.21. The number of hydrogen-bond donors (Lipinski definition) is 1. The van der Waals surface area contributed by atoms with E-state index in [1.165, 1.54) is 31.4 Å². The third kappa shape index (κ3) is 4.92. The van der Waals surface area contributed by atoms with Gasteiger partial charge in [0.1, 0.15) is 18.2 Å². The molecular weight excluding hydrogens is 397 g/mol. The first-order valence-corrected chi connectivity index (χ1v) is 9.02. The van der Waals surface area contributed by atoms with Crippen LogP contribution in [0.15, 0.2) is 66.7 Å². The van der Waals surface area contributed by atoms with E-state index in [0.717, 1.165) is 0 Å². The van der Waals surface area contributed by atoms with Gasteiger partial charge in [-0.25, -0.2) is 9.18 Å². The fourth-order valence-corrected chi connectivity index (χ4v) is 2.81. The molecule has 0 spiro atoms. The molecule has 0 aliphatic heterocycles. The molecule has 0 saturated heterocycles. The summed E-state index contributed by atoms with van der Waals surface area (Å²) < 4.78 is 24.1. The van der Waals surface area contributed by atoms with E-state index in [9.17, 15) is 14.0 Å². The molecule has 0 unspecified atom stereocenters. The fourth-order valence-electron chi connectivity index (χ4n) is 2.59. The van der Waals surface area contributed by atoms with Gasteiger partial charge in [0.2, 0.25) is 0 Å². The molecule has 3 rings (SSSR count). The zero-order valence-electron chi connectivity index (χ0n) is 15.4. The van der Waals surface area contributed by atoms with Crippen LogP contribution in [-0.4, -0.2) is 19.0 Å². The molecule has 0 bridgehead atoms. The maximum Gasteiger partial charge on any atom is 0.340 e. The number of carbonyl (C=O) groups is 2. The minimum Gasteiger partial charge on any atom is -0.497 e. The molecule has 1 amide bonds. The Morgan fingerprint density at radius 1 is 1.00 bits per heavy atom. The molecule has 3 aromatic rings. The van der Waals surface area contributed by atoms with Crippen LogP contribution in [0.25, 0.3) is 0 Å². The lowest BCUT2D eigenvalue weighted by molar-refractivity contribution is 0.0470. The van der Waals surface area contributed by atoms with Crippen molar-refractivity contribution in [3.63, 3.8) is 0 Å². The van der Waals surface area contributed by atoms with Crippen molar-refractivity contribution in [1.29, 1.82) is 0 Å². The van der Waals surface area contributed by atoms with Crippen molar-refractivity contribution in [1.82, 2.24) is 0 Å². The largest absolute Gasteiger partial charge is 0.497 e. The number of anilines is 1. The Bertz CT molecular complexity index is 1020. The standard InChI is InChI=1S/C22H17ClFNO4/c1-28-15-11-9-14(10-12-15)21(26)25-20-8-3-2-5-16(20)22(27)29-13-17-18(23)6-4-7-19(17)24/h2-12H,13H2,1H3,(H,25,26). The molecule has 0 aliphatic carbocycles. The molecule has 3 aromatic carbocycles. The highest BCUT2D eigenvalue weighted by atomic mass is 35.5. The molecule has 0 saturated carbocycles. The average molecular weight is 414 g/mol. The van der Waals surface area contributed by atoms with Crippen LogP contribution in [0.3, 0.4) is 0 Å². The van der Waals surface area contributed by atoms with Crippen molar-refractivity contribution >= 4 is 29.2 Å². The van der Waals surface area contributed by atoms with Crippen LogP contribution in [-0.2, 0) is 11.3 Å². The zero-order chi connectivity index (χ0) is 20.8. The second-order valence-corrected chi connectivity index (χ2v) is 6.41. The van der Waals surface area contributed by atoms with Crippen LogP contribution in [0, 0.1) is 5.82 Å². The fraction of sp³-hybridized carbons (Fsp3) is 0.0909. The number of benzene rings is 3. The summed E-state index contributed by atoms with van der Waals surface area (Å²) in [5.41, 5.74) is 0.897. The van der Waals surface area contributed by atoms with Gasteiger partial charge in [-0.05, 0) is 48.5 Å². The van der Waals surface area contributed by atoms with Gasteiger partial charge in [0.25, 0.3) is 5.91 Å². The number of methoxy groups -OCH3 is 1. The maximum absolute atomic E-state index is 13.9. The van der Waals surface area contributed by atoms with Crippen LogP contribution < -0.4 is 10.1 Å². The van der Waals surface area contributed by atoms with Crippen LogP contribution >= 0.6 is 11.6 Å². The van der Waals surface area contributed by atoms with Gasteiger partial charge in [-0.1, -0.05) is 29.8 Å². The first-order chi connectivity index (χ1) is 14.0. The maximum atomic E-state index is 13.9. The zero-order valence-corrected chi connectivity index (χ0v) is 16.2. The van der Waals surface area contributed by atoms with Crippen molar-refractivity contribution in [2.45, 2.75) is 6.61 Å². The van der Waals surface area contributed by atoms with Crippen molar-refractivity contribution < 1.29 is 23.5 Å². The summed E-state index contributed by atoms with van der Waals surface area (Å²) in [6.07, 6.45) is 0. The Labute approximate surface area is 172 Å². The number of carbonyl (C=O) groups excluding carboxylic acids is 2. The summed E-state index contributed by atoms with van der Waals surface area (Å²) in [4.78, 5) is 25.0. The molecule has 7 heteroatoms. The highest BCUT2D eigenvalue weighted by Gasteiger charge is 2.17. The van der Waals surface area contributed by atoms with Crippen molar-refractivity contribution in [2.75, 3.05) is 12.4 Å². The molecule has 148 valence electrons. The predicted molar refractivity (Wildman–Crippen MR) is 108 cm³/mol. The highest BCUT2D eigenvalue weighted by Crippen LogP contribution is 2.22. The summed E-state index contributed by atoms with van der Waals surface area (Å²) in [6, 6.07) is 17.1. The number of nitrogens with one attached hydrogen (secondary N) is 1. The molecule has 0 aromatic heterocycles. The monoisotopic (exact) mass is 413 g/mol. The minimum atomic E-state index is -0.713. The Morgan fingerprint density at radius 3 is 2.41 bits per heavy atom. The number of amides is 1. The van der Waals surface area contributed by atoms with Gasteiger partial charge in [0, 0.05) is 11.1 Å². The third-order valence-electron chi connectivity index (χ3n) is 4.16. The quantitative estimate of drug-likeness (QED) is 0.571. The molecule has 1 N–H and O–H groups in total. The number of hydrogen-bond acceptors (Lipinski definition) is 4. The Hall–Kier alpha value is -3.38. The third-order valence-corrected chi connectivity index (χ3v) is 4.51. The van der Waals surface area contributed by atoms with Gasteiger partial charge in [-0.2, -0.15) is 0 Å². The number of para-hydroxylation sites is 1. The molecule has 5 nitrogen and oxygen atoms in total. The van der Waals surface area contributed by atoms with E-state index in [1.807, 2.05) is 0 Å². The first-order valence-electron chi connectivity index (χ1n) is 8.64. The summed E-state index contributed by atoms with van der Waals surface area (Å²) in [5.74, 6) is -1.05. The number of ether oxygens (including phenoxy) is 2. The van der Waals surface area contributed by atoms with E-state index in [0.29, 0.717) is 11.3 Å². The summed E-state index contributed by atoms with van der Waals surface area (Å²) in [6.45, 7) is -0.328. The molecule has 0 heterocycles. The number of rotatable bonds is 6. The smallest absolute Gasteiger partial charge is 0.340 e. The summed E-state index contributed by atoms with van der Waals surface area (Å²) in [7, 11) is 1.53. The van der Waals surface area contributed by atoms with E-state index in [4.69, 9.17) is 21.1 Å². The van der Waals surface area contributed by atoms with Crippen molar-refractivity contribution in [2.24, 2.45) is 0 Å². The van der Waals surface area contributed by atoms with Gasteiger partial charge >= 0.3 is 5.97 Å². The molecule has 29 heavy (non-hydrogen) atoms. The van der Waals surface area contributed by atoms with Crippen LogP contribution in [0.2, 0.25) is 5.02 Å². The lowest BCUT2D eigenvalue weighted by atomic mass is 10.1. The van der Waals surface area contributed by atoms with E-state index in [1.54, 1.807) is 42.5 Å². The highest BCUT2D eigenvalue weighted by molar-refractivity contribution is 6.31. The number of esters is 1. The SMILES string of the molecule is COc1ccc(C(=O)Nc2ccccc2C(=O)OCc2c(F)cccc2Cl)cc1. The van der Waals surface area contributed by atoms with Gasteiger partial charge in [-0.3, -0.25) is 4.79 Å². The molecular formula is C22H17ClFNO4. The van der Waals surface area contributed by atoms with Gasteiger partial charge < -0.3 is 14.8 Å². The van der Waals surface area contributed by atoms with Crippen LogP contribution in [0.1, 0.15) is 26.3 Å². The Kier molecular flexibility index (Phi) is 6.46. The van der Waals surface area contributed by atoms with Crippen molar-refractivity contribution in [3.05, 3.63) is 94.3 Å². The Balaban J connectivity index is 1.74. The van der Waals surface area contributed by atoms with E-state index >= 15 is 0 Å². The minimum absolute atomic E-state index is 0.0854. The average Bonchev–Trinajstić information content (AvgIpc) is 2.73. The molecule has 0 radical (unpaired) electrons. The van der Waals surface area contributed by atoms with Crippen LogP contribution in [0.4, 0.5) is 10.1 Å². The second-order valence-electron chi connectivity index (χ2n) is 6.00. The van der Waals surface area contributed by atoms with Gasteiger partial charge in [0.05, 0.1) is 23.4 Å². The summed E-state index contributed by atoms with van der Waals surface area (Å²) >= 11 is 5.95. The van der Waals surface area contributed by atoms with E-state index in [-0.39, 0.29) is 28.4 Å². The lowest BCUT2D eigenvalue weighted by Gasteiger charge is -2.12. The van der Waals surface area contributed by atoms with Gasteiger partial charge in [0.15, 0.2) is 0 Å². The van der Waals surface area contributed by atoms with Crippen molar-refractivity contribution in [3.8, 4) is 5.75 Å². The topological polar surface area (TPSA) is 64.6 Å². The normalized spacial score (nSPS) is 10.3. The van der Waals surface area contributed by atoms with E-state index < -0.39 is 17.7 Å².